The Bertz CT molecular complexity index is 1320. The Balaban J connectivity index is 1.25. The number of carbonyl (C=O) groups excluding carboxylic acids is 2. The molecule has 1 aromatic heterocycles. The number of rotatable bonds is 6. The topological polar surface area (TPSA) is 97.6 Å². The Morgan fingerprint density at radius 1 is 1.00 bits per heavy atom. The fraction of sp³-hybridized carbons (Fsp3) is 0.154. The van der Waals surface area contributed by atoms with Crippen LogP contribution in [0.3, 0.4) is 0 Å². The van der Waals surface area contributed by atoms with Gasteiger partial charge in [-0.05, 0) is 36.4 Å². The van der Waals surface area contributed by atoms with Crippen LogP contribution in [-0.2, 0) is 9.59 Å². The highest BCUT2D eigenvalue weighted by Gasteiger charge is 2.36. The van der Waals surface area contributed by atoms with Gasteiger partial charge in [0.15, 0.2) is 0 Å². The zero-order valence-electron chi connectivity index (χ0n) is 18.5. The highest BCUT2D eigenvalue weighted by Crippen LogP contribution is 2.33. The lowest BCUT2D eigenvalue weighted by atomic mass is 10.1. The quantitative estimate of drug-likeness (QED) is 0.464. The first-order valence-corrected chi connectivity index (χ1v) is 10.9. The molecular formula is C26H22N4O4. The molecule has 1 saturated heterocycles. The molecule has 170 valence electrons. The summed E-state index contributed by atoms with van der Waals surface area (Å²) in [4.78, 5) is 31.5. The molecule has 0 bridgehead atoms. The van der Waals surface area contributed by atoms with Crippen molar-refractivity contribution in [2.75, 3.05) is 23.9 Å². The summed E-state index contributed by atoms with van der Waals surface area (Å²) in [5, 5.41) is 6.94. The van der Waals surface area contributed by atoms with E-state index < -0.39 is 5.92 Å². The minimum atomic E-state index is -0.457. The Labute approximate surface area is 196 Å². The summed E-state index contributed by atoms with van der Waals surface area (Å²) in [7, 11) is 1.56. The van der Waals surface area contributed by atoms with Crippen molar-refractivity contribution in [3.05, 3.63) is 78.9 Å². The molecule has 2 heterocycles. The summed E-state index contributed by atoms with van der Waals surface area (Å²) in [6.45, 7) is 0.299. The predicted molar refractivity (Wildman–Crippen MR) is 127 cm³/mol. The lowest BCUT2D eigenvalue weighted by Gasteiger charge is -2.19. The van der Waals surface area contributed by atoms with Gasteiger partial charge in [-0.3, -0.25) is 9.59 Å². The molecule has 0 spiro atoms. The number of aromatic nitrogens is 2. The SMILES string of the molecule is COc1ccccc1N1C[C@H](C(=O)Nc2ccc(-c3nc(-c4ccccc4)no3)cc2)CC1=O. The lowest BCUT2D eigenvalue weighted by Crippen LogP contribution is -2.28. The van der Waals surface area contributed by atoms with Crippen molar-refractivity contribution in [2.24, 2.45) is 5.92 Å². The maximum absolute atomic E-state index is 12.8. The molecule has 4 aromatic rings. The van der Waals surface area contributed by atoms with Crippen molar-refractivity contribution in [3.8, 4) is 28.6 Å². The number of hydrogen-bond acceptors (Lipinski definition) is 6. The molecule has 1 atom stereocenters. The van der Waals surface area contributed by atoms with Crippen LogP contribution in [-0.4, -0.2) is 35.6 Å². The van der Waals surface area contributed by atoms with Gasteiger partial charge in [0.25, 0.3) is 5.89 Å². The van der Waals surface area contributed by atoms with E-state index in [9.17, 15) is 9.59 Å². The number of methoxy groups -OCH3 is 1. The number of amides is 2. The summed E-state index contributed by atoms with van der Waals surface area (Å²) in [5.41, 5.74) is 2.91. The van der Waals surface area contributed by atoms with Crippen LogP contribution in [0.1, 0.15) is 6.42 Å². The first-order chi connectivity index (χ1) is 16.6. The van der Waals surface area contributed by atoms with Crippen LogP contribution in [0.15, 0.2) is 83.4 Å². The minimum Gasteiger partial charge on any atom is -0.495 e. The third-order valence-electron chi connectivity index (χ3n) is 5.73. The zero-order valence-corrected chi connectivity index (χ0v) is 18.5. The van der Waals surface area contributed by atoms with Crippen molar-refractivity contribution in [1.82, 2.24) is 10.1 Å². The second-order valence-corrected chi connectivity index (χ2v) is 7.93. The minimum absolute atomic E-state index is 0.106. The van der Waals surface area contributed by atoms with Gasteiger partial charge in [0.2, 0.25) is 17.6 Å². The maximum Gasteiger partial charge on any atom is 0.258 e. The van der Waals surface area contributed by atoms with E-state index >= 15 is 0 Å². The van der Waals surface area contributed by atoms with Gasteiger partial charge in [-0.1, -0.05) is 47.6 Å². The number of carbonyl (C=O) groups is 2. The number of benzene rings is 3. The summed E-state index contributed by atoms with van der Waals surface area (Å²) in [6, 6.07) is 24.0. The molecular weight excluding hydrogens is 432 g/mol. The molecule has 8 heteroatoms. The third kappa shape index (κ3) is 4.25. The van der Waals surface area contributed by atoms with Crippen LogP contribution < -0.4 is 15.0 Å². The van der Waals surface area contributed by atoms with Crippen molar-refractivity contribution in [1.29, 1.82) is 0 Å². The van der Waals surface area contributed by atoms with E-state index in [0.717, 1.165) is 11.1 Å². The van der Waals surface area contributed by atoms with Crippen molar-refractivity contribution in [2.45, 2.75) is 6.42 Å². The van der Waals surface area contributed by atoms with E-state index in [4.69, 9.17) is 9.26 Å². The van der Waals surface area contributed by atoms with Gasteiger partial charge in [-0.15, -0.1) is 0 Å². The Morgan fingerprint density at radius 3 is 2.50 bits per heavy atom. The van der Waals surface area contributed by atoms with Crippen LogP contribution >= 0.6 is 0 Å². The molecule has 1 N–H and O–H groups in total. The fourth-order valence-corrected chi connectivity index (χ4v) is 3.95. The average Bonchev–Trinajstić information content (AvgIpc) is 3.52. The number of hydrogen-bond donors (Lipinski definition) is 1. The molecule has 0 radical (unpaired) electrons. The van der Waals surface area contributed by atoms with Crippen LogP contribution in [0.25, 0.3) is 22.8 Å². The molecule has 1 aliphatic rings. The second-order valence-electron chi connectivity index (χ2n) is 7.93. The standard InChI is InChI=1S/C26H22N4O4/c1-33-22-10-6-5-9-21(22)30-16-19(15-23(30)31)25(32)27-20-13-11-18(12-14-20)26-28-24(29-34-26)17-7-3-2-4-8-17/h2-14,19H,15-16H2,1H3,(H,27,32)/t19-/m1/s1. The Hall–Kier alpha value is -4.46. The van der Waals surface area contributed by atoms with Gasteiger partial charge in [-0.25, -0.2) is 0 Å². The van der Waals surface area contributed by atoms with Crippen LogP contribution in [0.5, 0.6) is 5.75 Å². The second kappa shape index (κ2) is 9.19. The normalized spacial score (nSPS) is 15.4. The molecule has 0 aliphatic carbocycles. The largest absolute Gasteiger partial charge is 0.495 e. The van der Waals surface area contributed by atoms with E-state index in [1.54, 1.807) is 42.3 Å². The average molecular weight is 454 g/mol. The number of nitrogens with one attached hydrogen (secondary N) is 1. The van der Waals surface area contributed by atoms with Crippen molar-refractivity contribution in [3.63, 3.8) is 0 Å². The summed E-state index contributed by atoms with van der Waals surface area (Å²) in [5.74, 6) is 0.739. The monoisotopic (exact) mass is 454 g/mol. The van der Waals surface area contributed by atoms with E-state index in [-0.39, 0.29) is 18.2 Å². The predicted octanol–water partition coefficient (Wildman–Crippen LogP) is 4.40. The van der Waals surface area contributed by atoms with E-state index in [2.05, 4.69) is 15.5 Å². The molecule has 34 heavy (non-hydrogen) atoms. The third-order valence-corrected chi connectivity index (χ3v) is 5.73. The molecule has 3 aromatic carbocycles. The van der Waals surface area contributed by atoms with Gasteiger partial charge in [0.1, 0.15) is 5.75 Å². The number of nitrogens with zero attached hydrogens (tertiary/aromatic N) is 3. The van der Waals surface area contributed by atoms with Crippen LogP contribution in [0.4, 0.5) is 11.4 Å². The number of ether oxygens (including phenoxy) is 1. The Kier molecular flexibility index (Phi) is 5.78. The molecule has 0 saturated carbocycles. The fourth-order valence-electron chi connectivity index (χ4n) is 3.95. The molecule has 5 rings (SSSR count). The van der Waals surface area contributed by atoms with Gasteiger partial charge in [0.05, 0.1) is 18.7 Å². The van der Waals surface area contributed by atoms with E-state index in [0.29, 0.717) is 35.4 Å². The highest BCUT2D eigenvalue weighted by atomic mass is 16.5. The van der Waals surface area contributed by atoms with Crippen LogP contribution in [0.2, 0.25) is 0 Å². The highest BCUT2D eigenvalue weighted by molar-refractivity contribution is 6.04. The number of anilines is 2. The molecule has 1 fully saturated rings. The first kappa shape index (κ1) is 21.4. The van der Waals surface area contributed by atoms with Crippen molar-refractivity contribution < 1.29 is 18.8 Å². The lowest BCUT2D eigenvalue weighted by molar-refractivity contribution is -0.122. The summed E-state index contributed by atoms with van der Waals surface area (Å²) in [6.07, 6.45) is 0.145. The van der Waals surface area contributed by atoms with Crippen LogP contribution in [0, 0.1) is 5.92 Å². The van der Waals surface area contributed by atoms with E-state index in [1.165, 1.54) is 0 Å². The van der Waals surface area contributed by atoms with Gasteiger partial charge < -0.3 is 19.5 Å². The Morgan fingerprint density at radius 2 is 1.74 bits per heavy atom. The van der Waals surface area contributed by atoms with Crippen molar-refractivity contribution >= 4 is 23.2 Å². The van der Waals surface area contributed by atoms with Gasteiger partial charge in [0, 0.05) is 29.8 Å². The first-order valence-electron chi connectivity index (χ1n) is 10.9. The smallest absolute Gasteiger partial charge is 0.258 e. The molecule has 8 nitrogen and oxygen atoms in total. The molecule has 0 unspecified atom stereocenters. The molecule has 1 aliphatic heterocycles. The van der Waals surface area contributed by atoms with E-state index in [1.807, 2.05) is 48.5 Å². The zero-order chi connectivity index (χ0) is 23.5. The van der Waals surface area contributed by atoms with Gasteiger partial charge in [-0.2, -0.15) is 4.98 Å². The van der Waals surface area contributed by atoms with Gasteiger partial charge >= 0.3 is 0 Å². The number of para-hydroxylation sites is 2. The molecule has 2 amide bonds. The summed E-state index contributed by atoms with van der Waals surface area (Å²) < 4.78 is 10.8. The maximum atomic E-state index is 12.8. The summed E-state index contributed by atoms with van der Waals surface area (Å²) >= 11 is 0.